The van der Waals surface area contributed by atoms with Crippen molar-refractivity contribution < 1.29 is 4.79 Å². The highest BCUT2D eigenvalue weighted by Crippen LogP contribution is 1.88. The Morgan fingerprint density at radius 2 is 1.00 bits per heavy atom. The van der Waals surface area contributed by atoms with Gasteiger partial charge >= 0.3 is 0 Å². The third-order valence-electron chi connectivity index (χ3n) is 0.677. The quantitative estimate of drug-likeness (QED) is 0.427. The number of amides is 1. The van der Waals surface area contributed by atoms with Crippen molar-refractivity contribution in [2.24, 2.45) is 78.9 Å². The van der Waals surface area contributed by atoms with Gasteiger partial charge in [0.1, 0.15) is 0 Å². The molecule has 0 unspecified atom stereocenters. The maximum Gasteiger partial charge on any atom is 0.263 e. The van der Waals surface area contributed by atoms with Crippen molar-refractivity contribution >= 4 is 5.91 Å². The van der Waals surface area contributed by atoms with Gasteiger partial charge in [0.2, 0.25) is 0 Å². The molecule has 2 N–H and O–H groups in total. The minimum absolute atomic E-state index is 0.533. The zero-order valence-corrected chi connectivity index (χ0v) is 8.75. The van der Waals surface area contributed by atoms with E-state index in [-0.39, 0.29) is 0 Å². The molecule has 0 atom stereocenters. The fourth-order valence-electron chi connectivity index (χ4n) is 0.285. The van der Waals surface area contributed by atoms with E-state index in [4.69, 9.17) is 0 Å². The van der Waals surface area contributed by atoms with Crippen molar-refractivity contribution in [2.45, 2.75) is 6.92 Å². The first kappa shape index (κ1) is 14.7. The SMILES string of the molecule is CC(=O)N=NN=NN=NN=NN=NN=NN=NN. The Labute approximate surface area is 97.5 Å². The number of nitrogens with two attached hydrogens (primary N) is 1. The molecule has 0 rings (SSSR count). The summed E-state index contributed by atoms with van der Waals surface area (Å²) in [5.41, 5.74) is 0. The molecular formula is C2H5N15O. The van der Waals surface area contributed by atoms with E-state index < -0.39 is 5.91 Å². The average molecular weight is 255 g/mol. The average Bonchev–Trinajstić information content (AvgIpc) is 2.34. The largest absolute Gasteiger partial charge is 0.303 e. The summed E-state index contributed by atoms with van der Waals surface area (Å²) in [5, 5.41) is 41.2. The second kappa shape index (κ2) is 11.7. The van der Waals surface area contributed by atoms with Crippen LogP contribution in [0, 0.1) is 0 Å². The molecule has 0 spiro atoms. The van der Waals surface area contributed by atoms with Gasteiger partial charge in [0, 0.05) is 6.92 Å². The Kier molecular flexibility index (Phi) is 9.57. The Balaban J connectivity index is 3.85. The lowest BCUT2D eigenvalue weighted by Crippen LogP contribution is -1.76. The summed E-state index contributed by atoms with van der Waals surface area (Å²) in [4.78, 5) is 10.2. The lowest BCUT2D eigenvalue weighted by atomic mass is 10.8. The molecule has 18 heavy (non-hydrogen) atoms. The van der Waals surface area contributed by atoms with Crippen molar-refractivity contribution in [3.05, 3.63) is 0 Å². The van der Waals surface area contributed by atoms with Crippen LogP contribution in [0.4, 0.5) is 0 Å². The van der Waals surface area contributed by atoms with Gasteiger partial charge in [-0.3, -0.25) is 4.79 Å². The standard InChI is InChI=1S/C2H5N15O/c1-2(18)4-6-8-10-12-14-16-17-15-13-11-9-7-5-3/h1H3,(H2,3,4,7,8,11,12,15,16,18). The minimum Gasteiger partial charge on any atom is -0.303 e. The van der Waals surface area contributed by atoms with E-state index in [0.29, 0.717) is 0 Å². The summed E-state index contributed by atoms with van der Waals surface area (Å²) >= 11 is 0. The van der Waals surface area contributed by atoms with Crippen LogP contribution in [-0.4, -0.2) is 5.91 Å². The van der Waals surface area contributed by atoms with Crippen molar-refractivity contribution in [3.63, 3.8) is 0 Å². The van der Waals surface area contributed by atoms with Gasteiger partial charge in [0.25, 0.3) is 5.91 Å². The molecule has 0 heterocycles. The number of nitrogens with zero attached hydrogens (tertiary/aromatic N) is 14. The zero-order chi connectivity index (χ0) is 13.5. The summed E-state index contributed by atoms with van der Waals surface area (Å²) in [5.74, 6) is 4.05. The van der Waals surface area contributed by atoms with E-state index in [0.717, 1.165) is 0 Å². The molecule has 0 aromatic carbocycles. The Morgan fingerprint density at radius 1 is 0.667 bits per heavy atom. The van der Waals surface area contributed by atoms with Crippen molar-refractivity contribution in [2.75, 3.05) is 0 Å². The Bertz CT molecular complexity index is 422. The molecule has 0 aromatic heterocycles. The maximum absolute atomic E-state index is 10.2. The normalized spacial score (nSPS) is 13.8. The monoisotopic (exact) mass is 255 g/mol. The minimum atomic E-state index is -0.533. The number of hydrogen-bond acceptors (Lipinski definition) is 2. The first-order valence-electron chi connectivity index (χ1n) is 3.79. The van der Waals surface area contributed by atoms with Crippen LogP contribution >= 0.6 is 0 Å². The van der Waals surface area contributed by atoms with Crippen LogP contribution in [-0.2, 0) is 4.79 Å². The fourth-order valence-corrected chi connectivity index (χ4v) is 0.285. The number of rotatable bonds is 6. The number of carbonyl (C=O) groups excluding carboxylic acids is 1. The van der Waals surface area contributed by atoms with Crippen LogP contribution in [0.5, 0.6) is 0 Å². The highest BCUT2D eigenvalue weighted by molar-refractivity contribution is 5.73. The van der Waals surface area contributed by atoms with Crippen molar-refractivity contribution in [1.29, 1.82) is 0 Å². The van der Waals surface area contributed by atoms with Crippen LogP contribution in [0.15, 0.2) is 73.0 Å². The fraction of sp³-hybridized carbons (Fsp3) is 0.500. The van der Waals surface area contributed by atoms with Gasteiger partial charge in [-0.25, -0.2) is 0 Å². The highest BCUT2D eigenvalue weighted by Gasteiger charge is 1.79. The van der Waals surface area contributed by atoms with Gasteiger partial charge in [0.05, 0.1) is 0 Å². The van der Waals surface area contributed by atoms with Gasteiger partial charge in [-0.1, -0.05) is 10.3 Å². The zero-order valence-electron chi connectivity index (χ0n) is 8.75. The molecule has 0 fully saturated rings. The van der Waals surface area contributed by atoms with Crippen LogP contribution in [0.3, 0.4) is 0 Å². The molecule has 0 radical (unpaired) electrons. The van der Waals surface area contributed by atoms with E-state index >= 15 is 0 Å². The van der Waals surface area contributed by atoms with Crippen LogP contribution in [0.2, 0.25) is 0 Å². The smallest absolute Gasteiger partial charge is 0.263 e. The predicted molar refractivity (Wildman–Crippen MR) is 48.9 cm³/mol. The van der Waals surface area contributed by atoms with Crippen molar-refractivity contribution in [1.82, 2.24) is 0 Å². The lowest BCUT2D eigenvalue weighted by Gasteiger charge is -1.71. The molecule has 0 bridgehead atoms. The Morgan fingerprint density at radius 3 is 1.33 bits per heavy atom. The molecule has 0 saturated carbocycles. The first-order chi connectivity index (χ1) is 8.77. The van der Waals surface area contributed by atoms with E-state index in [1.165, 1.54) is 6.92 Å². The summed E-state index contributed by atoms with van der Waals surface area (Å²) in [6.45, 7) is 1.19. The van der Waals surface area contributed by atoms with Gasteiger partial charge in [0.15, 0.2) is 0 Å². The van der Waals surface area contributed by atoms with Crippen LogP contribution in [0.1, 0.15) is 6.92 Å². The second-order valence-electron chi connectivity index (χ2n) is 1.81. The summed E-state index contributed by atoms with van der Waals surface area (Å²) < 4.78 is 0. The van der Waals surface area contributed by atoms with Gasteiger partial charge in [-0.05, 0) is 62.7 Å². The molecule has 94 valence electrons. The number of carbonyl (C=O) groups is 1. The summed E-state index contributed by atoms with van der Waals surface area (Å²) in [6.07, 6.45) is 0. The molecule has 1 amide bonds. The van der Waals surface area contributed by atoms with Crippen LogP contribution in [0.25, 0.3) is 0 Å². The third kappa shape index (κ3) is 12.7. The van der Waals surface area contributed by atoms with Crippen molar-refractivity contribution in [3.8, 4) is 0 Å². The molecule has 16 nitrogen and oxygen atoms in total. The van der Waals surface area contributed by atoms with E-state index in [1.807, 2.05) is 0 Å². The lowest BCUT2D eigenvalue weighted by molar-refractivity contribution is -0.116. The van der Waals surface area contributed by atoms with E-state index in [9.17, 15) is 4.79 Å². The first-order valence-corrected chi connectivity index (χ1v) is 3.79. The van der Waals surface area contributed by atoms with Gasteiger partial charge in [-0.2, -0.15) is 0 Å². The third-order valence-corrected chi connectivity index (χ3v) is 0.677. The highest BCUT2D eigenvalue weighted by atomic mass is 16.1. The molecule has 0 saturated heterocycles. The van der Waals surface area contributed by atoms with E-state index in [2.05, 4.69) is 78.9 Å². The number of hydrogen-bond donors (Lipinski definition) is 1. The van der Waals surface area contributed by atoms with Gasteiger partial charge in [-0.15, -0.1) is 0 Å². The Hall–Kier alpha value is -3.33. The maximum atomic E-state index is 10.2. The predicted octanol–water partition coefficient (Wildman–Crippen LogP) is 2.06. The van der Waals surface area contributed by atoms with E-state index in [1.54, 1.807) is 0 Å². The molecule has 0 aromatic rings. The second-order valence-corrected chi connectivity index (χ2v) is 1.81. The summed E-state index contributed by atoms with van der Waals surface area (Å²) in [6, 6.07) is 0. The van der Waals surface area contributed by atoms with Crippen LogP contribution < -0.4 is 5.84 Å². The topological polar surface area (TPSA) is 216 Å². The molecular weight excluding hydrogens is 250 g/mol. The molecule has 0 aliphatic rings. The molecule has 0 aliphatic carbocycles. The summed E-state index contributed by atoms with van der Waals surface area (Å²) in [7, 11) is 0. The molecule has 0 aliphatic heterocycles. The van der Waals surface area contributed by atoms with Gasteiger partial charge < -0.3 is 5.84 Å². The molecule has 16 heteroatoms.